The van der Waals surface area contributed by atoms with Crippen molar-refractivity contribution < 1.29 is 32.2 Å². The van der Waals surface area contributed by atoms with Gasteiger partial charge in [0, 0.05) is 0 Å². The van der Waals surface area contributed by atoms with E-state index in [1.165, 1.54) is 14.2 Å². The van der Waals surface area contributed by atoms with Gasteiger partial charge in [-0.15, -0.1) is 11.3 Å². The summed E-state index contributed by atoms with van der Waals surface area (Å²) in [7, 11) is -5.64. The van der Waals surface area contributed by atoms with Crippen molar-refractivity contribution >= 4 is 29.0 Å². The highest BCUT2D eigenvalue weighted by atomic mass is 32.2. The number of rotatable bonds is 7. The van der Waals surface area contributed by atoms with Crippen LogP contribution in [0.2, 0.25) is 0 Å². The van der Waals surface area contributed by atoms with Gasteiger partial charge in [0.15, 0.2) is 15.7 Å². The molecule has 1 aromatic carbocycles. The molecule has 0 saturated heterocycles. The Balaban J connectivity index is 2.36. The molecule has 0 aliphatic carbocycles. The molecule has 132 valence electrons. The molecule has 1 aromatic heterocycles. The molecule has 9 nitrogen and oxygen atoms in total. The second-order valence-corrected chi connectivity index (χ2v) is 9.17. The summed E-state index contributed by atoms with van der Waals surface area (Å²) in [5, 5.41) is 0.363. The highest BCUT2D eigenvalue weighted by Crippen LogP contribution is 2.40. The smallest absolute Gasteiger partial charge is 0.340 e. The molecule has 2 rings (SSSR count). The van der Waals surface area contributed by atoms with Crippen LogP contribution in [0.15, 0.2) is 28.6 Å². The first-order chi connectivity index (χ1) is 11.2. The summed E-state index contributed by atoms with van der Waals surface area (Å²) in [5.74, 6) is 0.871. The minimum Gasteiger partial charge on any atom is -0.493 e. The van der Waals surface area contributed by atoms with E-state index in [0.29, 0.717) is 22.1 Å². The van der Waals surface area contributed by atoms with Gasteiger partial charge in [-0.05, 0) is 12.1 Å². The molecule has 0 radical (unpaired) electrons. The van der Waals surface area contributed by atoms with Crippen LogP contribution in [0, 0.1) is 0 Å². The number of aromatic nitrogens is 1. The summed E-state index contributed by atoms with van der Waals surface area (Å²) in [6, 6.07) is 5.09. The van der Waals surface area contributed by atoms with Crippen molar-refractivity contribution in [1.82, 2.24) is 9.71 Å². The Morgan fingerprint density at radius 1 is 1.29 bits per heavy atom. The van der Waals surface area contributed by atoms with Crippen LogP contribution in [0.5, 0.6) is 11.5 Å². The van der Waals surface area contributed by atoms with Crippen molar-refractivity contribution in [1.29, 1.82) is 0 Å². The maximum Gasteiger partial charge on any atom is 0.340 e. The number of methoxy groups -OCH3 is 2. The number of ether oxygens (including phenoxy) is 2. The summed E-state index contributed by atoms with van der Waals surface area (Å²) in [6.45, 7) is 0. The van der Waals surface area contributed by atoms with Crippen molar-refractivity contribution in [3.8, 4) is 22.1 Å². The molecule has 0 saturated carbocycles. The predicted octanol–water partition coefficient (Wildman–Crippen LogP) is 1.24. The van der Waals surface area contributed by atoms with Gasteiger partial charge in [-0.25, -0.2) is 13.4 Å². The SMILES string of the molecule is COc1cccc(-c2ncc(S(=O)(=O)NCP(=O)(O)O)s2)c1OC. The van der Waals surface area contributed by atoms with Crippen LogP contribution >= 0.6 is 18.9 Å². The summed E-state index contributed by atoms with van der Waals surface area (Å²) >= 11 is 0.842. The van der Waals surface area contributed by atoms with Crippen LogP contribution in [0.3, 0.4) is 0 Å². The first kappa shape index (κ1) is 18.8. The Hall–Kier alpha value is -1.49. The second-order valence-electron chi connectivity index (χ2n) is 4.50. The molecular weight excluding hydrogens is 379 g/mol. The van der Waals surface area contributed by atoms with Crippen molar-refractivity contribution in [3.05, 3.63) is 24.4 Å². The lowest BCUT2D eigenvalue weighted by atomic mass is 10.2. The van der Waals surface area contributed by atoms with Gasteiger partial charge >= 0.3 is 7.60 Å². The zero-order valence-corrected chi connectivity index (χ0v) is 15.2. The molecule has 0 bridgehead atoms. The van der Waals surface area contributed by atoms with Crippen LogP contribution in [0.4, 0.5) is 0 Å². The largest absolute Gasteiger partial charge is 0.493 e. The maximum atomic E-state index is 12.1. The quantitative estimate of drug-likeness (QED) is 0.597. The molecule has 0 atom stereocenters. The van der Waals surface area contributed by atoms with Crippen molar-refractivity contribution in [2.24, 2.45) is 0 Å². The molecule has 0 aliphatic rings. The van der Waals surface area contributed by atoms with Crippen LogP contribution < -0.4 is 14.2 Å². The highest BCUT2D eigenvalue weighted by Gasteiger charge is 2.24. The highest BCUT2D eigenvalue weighted by molar-refractivity contribution is 7.91. The zero-order valence-electron chi connectivity index (χ0n) is 12.7. The third-order valence-electron chi connectivity index (χ3n) is 2.84. The summed E-state index contributed by atoms with van der Waals surface area (Å²) in [6.07, 6.45) is 0.131. The van der Waals surface area contributed by atoms with Gasteiger partial charge in [0.2, 0.25) is 0 Å². The topological polar surface area (TPSA) is 135 Å². The van der Waals surface area contributed by atoms with Crippen LogP contribution in [0.1, 0.15) is 0 Å². The van der Waals surface area contributed by atoms with E-state index >= 15 is 0 Å². The lowest BCUT2D eigenvalue weighted by Crippen LogP contribution is -2.24. The van der Waals surface area contributed by atoms with E-state index in [9.17, 15) is 13.0 Å². The number of sulfonamides is 1. The molecule has 0 spiro atoms. The summed E-state index contributed by atoms with van der Waals surface area (Å²) < 4.78 is 47.1. The van der Waals surface area contributed by atoms with Gasteiger partial charge in [0.1, 0.15) is 11.3 Å². The van der Waals surface area contributed by atoms with Crippen molar-refractivity contribution in [2.75, 3.05) is 20.5 Å². The maximum absolute atomic E-state index is 12.1. The number of thiazole rings is 1. The second kappa shape index (κ2) is 7.18. The van der Waals surface area contributed by atoms with E-state index in [2.05, 4.69) is 4.98 Å². The number of nitrogens with zero attached hydrogens (tertiary/aromatic N) is 1. The van der Waals surface area contributed by atoms with Gasteiger partial charge in [-0.2, -0.15) is 4.72 Å². The van der Waals surface area contributed by atoms with E-state index in [1.807, 2.05) is 4.72 Å². The standard InChI is InChI=1S/C12H15N2O7PS2/c1-20-9-5-3-4-8(11(9)21-2)12-13-6-10(23-12)24(18,19)14-7-22(15,16)17/h3-6,14H,7H2,1-2H3,(H2,15,16,17). The molecule has 24 heavy (non-hydrogen) atoms. The van der Waals surface area contributed by atoms with E-state index < -0.39 is 23.9 Å². The average molecular weight is 394 g/mol. The molecule has 0 fully saturated rings. The van der Waals surface area contributed by atoms with Gasteiger partial charge < -0.3 is 19.3 Å². The Morgan fingerprint density at radius 3 is 2.58 bits per heavy atom. The van der Waals surface area contributed by atoms with Crippen LogP contribution in [-0.2, 0) is 14.6 Å². The number of hydrogen-bond acceptors (Lipinski definition) is 7. The Labute approximate surface area is 142 Å². The van der Waals surface area contributed by atoms with Crippen molar-refractivity contribution in [2.45, 2.75) is 4.21 Å². The van der Waals surface area contributed by atoms with Crippen LogP contribution in [-0.4, -0.2) is 43.7 Å². The Morgan fingerprint density at radius 2 is 2.00 bits per heavy atom. The normalized spacial score (nSPS) is 12.2. The Kier molecular flexibility index (Phi) is 5.63. The Bertz CT molecular complexity index is 875. The predicted molar refractivity (Wildman–Crippen MR) is 87.9 cm³/mol. The van der Waals surface area contributed by atoms with E-state index in [-0.39, 0.29) is 4.21 Å². The fourth-order valence-electron chi connectivity index (χ4n) is 1.80. The molecule has 12 heteroatoms. The minimum absolute atomic E-state index is 0.171. The fraction of sp³-hybridized carbons (Fsp3) is 0.250. The third-order valence-corrected chi connectivity index (χ3v) is 6.52. The van der Waals surface area contributed by atoms with E-state index in [4.69, 9.17) is 19.3 Å². The molecule has 1 heterocycles. The molecule has 0 amide bonds. The van der Waals surface area contributed by atoms with Gasteiger partial charge in [0.05, 0.1) is 26.0 Å². The van der Waals surface area contributed by atoms with Gasteiger partial charge in [-0.3, -0.25) is 4.57 Å². The average Bonchev–Trinajstić information content (AvgIpc) is 3.02. The van der Waals surface area contributed by atoms with E-state index in [0.717, 1.165) is 17.5 Å². The zero-order chi connectivity index (χ0) is 18.0. The van der Waals surface area contributed by atoms with Gasteiger partial charge in [0.25, 0.3) is 10.0 Å². The molecule has 3 N–H and O–H groups in total. The lowest BCUT2D eigenvalue weighted by molar-refractivity contribution is 0.356. The minimum atomic E-state index is -4.50. The fourth-order valence-corrected chi connectivity index (χ4v) is 5.01. The number of nitrogens with one attached hydrogen (secondary N) is 1. The molecular formula is C12H15N2O7PS2. The van der Waals surface area contributed by atoms with Crippen LogP contribution in [0.25, 0.3) is 10.6 Å². The molecule has 0 aliphatic heterocycles. The monoisotopic (exact) mass is 394 g/mol. The first-order valence-corrected chi connectivity index (χ1v) is 10.5. The van der Waals surface area contributed by atoms with Crippen molar-refractivity contribution in [3.63, 3.8) is 0 Å². The molecule has 0 unspecified atom stereocenters. The first-order valence-electron chi connectivity index (χ1n) is 6.39. The number of para-hydroxylation sites is 1. The van der Waals surface area contributed by atoms with E-state index in [1.54, 1.807) is 18.2 Å². The van der Waals surface area contributed by atoms with Gasteiger partial charge in [-0.1, -0.05) is 6.07 Å². The number of benzene rings is 1. The summed E-state index contributed by atoms with van der Waals surface area (Å²) in [5.41, 5.74) is 0.540. The lowest BCUT2D eigenvalue weighted by Gasteiger charge is -2.10. The third kappa shape index (κ3) is 4.32. The summed E-state index contributed by atoms with van der Waals surface area (Å²) in [4.78, 5) is 21.6. The number of hydrogen-bond donors (Lipinski definition) is 3. The molecule has 2 aromatic rings.